The Morgan fingerprint density at radius 2 is 2.33 bits per heavy atom. The van der Waals surface area contributed by atoms with E-state index in [0.717, 1.165) is 0 Å². The summed E-state index contributed by atoms with van der Waals surface area (Å²) in [5.74, 6) is -0.134. The van der Waals surface area contributed by atoms with E-state index in [-0.39, 0.29) is 31.3 Å². The minimum absolute atomic E-state index is 0.116. The van der Waals surface area contributed by atoms with E-state index in [1.54, 1.807) is 25.1 Å². The maximum Gasteiger partial charge on any atom is 0.268 e. The number of nitriles is 1. The van der Waals surface area contributed by atoms with Gasteiger partial charge in [0.25, 0.3) is 5.91 Å². The first-order chi connectivity index (χ1) is 10.0. The van der Waals surface area contributed by atoms with E-state index in [1.165, 1.54) is 4.90 Å². The van der Waals surface area contributed by atoms with Crippen molar-refractivity contribution in [3.63, 3.8) is 0 Å². The van der Waals surface area contributed by atoms with Crippen LogP contribution < -0.4 is 20.7 Å². The molecule has 1 heterocycles. The average molecular weight is 288 g/mol. The van der Waals surface area contributed by atoms with Gasteiger partial charge < -0.3 is 15.8 Å². The number of nitrogens with one attached hydrogen (secondary N) is 1. The molecule has 1 aliphatic heterocycles. The van der Waals surface area contributed by atoms with Crippen LogP contribution in [-0.4, -0.2) is 31.0 Å². The molecule has 0 spiro atoms. The first kappa shape index (κ1) is 14.7. The molecule has 0 bridgehead atoms. The predicted molar refractivity (Wildman–Crippen MR) is 76.5 cm³/mol. The van der Waals surface area contributed by atoms with Gasteiger partial charge in [0.2, 0.25) is 5.91 Å². The highest BCUT2D eigenvalue weighted by molar-refractivity contribution is 6.03. The minimum Gasteiger partial charge on any atom is -0.479 e. The fraction of sp³-hybridized carbons (Fsp3) is 0.357. The van der Waals surface area contributed by atoms with Crippen LogP contribution in [-0.2, 0) is 9.59 Å². The zero-order valence-electron chi connectivity index (χ0n) is 11.6. The first-order valence-corrected chi connectivity index (χ1v) is 6.54. The molecule has 0 aromatic heterocycles. The van der Waals surface area contributed by atoms with E-state index >= 15 is 0 Å². The third-order valence-electron chi connectivity index (χ3n) is 3.05. The summed E-state index contributed by atoms with van der Waals surface area (Å²) in [4.78, 5) is 25.4. The second-order valence-corrected chi connectivity index (χ2v) is 4.67. The third kappa shape index (κ3) is 3.23. The van der Waals surface area contributed by atoms with Crippen molar-refractivity contribution in [2.75, 3.05) is 23.7 Å². The standard InChI is InChI=1S/C14H16N4O3/c1-9-14(20)18(8-13(19)17-6-2-5-15)11-4-3-10(16)7-12(11)21-9/h3-4,7,9H,2,6,8,16H2,1H3,(H,17,19). The Balaban J connectivity index is 2.16. The van der Waals surface area contributed by atoms with Gasteiger partial charge >= 0.3 is 0 Å². The number of carbonyl (C=O) groups is 2. The van der Waals surface area contributed by atoms with Crippen molar-refractivity contribution in [2.45, 2.75) is 19.4 Å². The van der Waals surface area contributed by atoms with Crippen molar-refractivity contribution >= 4 is 23.2 Å². The van der Waals surface area contributed by atoms with E-state index < -0.39 is 6.10 Å². The van der Waals surface area contributed by atoms with Crippen LogP contribution in [0.4, 0.5) is 11.4 Å². The quantitative estimate of drug-likeness (QED) is 0.616. The molecule has 2 rings (SSSR count). The molecule has 3 N–H and O–H groups in total. The molecule has 7 heteroatoms. The molecular weight excluding hydrogens is 272 g/mol. The van der Waals surface area contributed by atoms with Crippen LogP contribution in [0.25, 0.3) is 0 Å². The molecule has 0 saturated heterocycles. The Kier molecular flexibility index (Phi) is 4.28. The van der Waals surface area contributed by atoms with Crippen LogP contribution in [0.1, 0.15) is 13.3 Å². The van der Waals surface area contributed by atoms with Crippen LogP contribution in [0, 0.1) is 11.3 Å². The van der Waals surface area contributed by atoms with Crippen molar-refractivity contribution in [3.05, 3.63) is 18.2 Å². The molecular formula is C14H16N4O3. The normalized spacial score (nSPS) is 16.7. The Morgan fingerprint density at radius 3 is 3.05 bits per heavy atom. The summed E-state index contributed by atoms with van der Waals surface area (Å²) in [6, 6.07) is 6.85. The number of carbonyl (C=O) groups excluding carboxylic acids is 2. The van der Waals surface area contributed by atoms with Gasteiger partial charge in [-0.05, 0) is 19.1 Å². The van der Waals surface area contributed by atoms with Gasteiger partial charge in [-0.2, -0.15) is 5.26 Å². The second kappa shape index (κ2) is 6.13. The zero-order chi connectivity index (χ0) is 15.4. The number of rotatable bonds is 4. The van der Waals surface area contributed by atoms with Gasteiger partial charge in [0.15, 0.2) is 6.10 Å². The number of nitrogens with two attached hydrogens (primary N) is 1. The maximum absolute atomic E-state index is 12.2. The van der Waals surface area contributed by atoms with Gasteiger partial charge in [-0.15, -0.1) is 0 Å². The lowest BCUT2D eigenvalue weighted by Crippen LogP contribution is -2.48. The fourth-order valence-corrected chi connectivity index (χ4v) is 2.05. The van der Waals surface area contributed by atoms with Gasteiger partial charge in [0.1, 0.15) is 12.3 Å². The van der Waals surface area contributed by atoms with Gasteiger partial charge in [0, 0.05) is 18.3 Å². The van der Waals surface area contributed by atoms with Crippen LogP contribution in [0.2, 0.25) is 0 Å². The fourth-order valence-electron chi connectivity index (χ4n) is 2.05. The number of benzene rings is 1. The number of ether oxygens (including phenoxy) is 1. The monoisotopic (exact) mass is 288 g/mol. The molecule has 7 nitrogen and oxygen atoms in total. The third-order valence-corrected chi connectivity index (χ3v) is 3.05. The van der Waals surface area contributed by atoms with Crippen molar-refractivity contribution in [1.29, 1.82) is 5.26 Å². The Labute approximate surface area is 122 Å². The average Bonchev–Trinajstić information content (AvgIpc) is 2.44. The lowest BCUT2D eigenvalue weighted by Gasteiger charge is -2.32. The summed E-state index contributed by atoms with van der Waals surface area (Å²) in [7, 11) is 0. The van der Waals surface area contributed by atoms with Gasteiger partial charge in [-0.25, -0.2) is 0 Å². The molecule has 1 aromatic carbocycles. The Bertz CT molecular complexity index is 609. The van der Waals surface area contributed by atoms with Gasteiger partial charge in [-0.1, -0.05) is 0 Å². The van der Waals surface area contributed by atoms with E-state index in [2.05, 4.69) is 5.32 Å². The first-order valence-electron chi connectivity index (χ1n) is 6.54. The smallest absolute Gasteiger partial charge is 0.268 e. The molecule has 1 atom stereocenters. The SMILES string of the molecule is CC1Oc2cc(N)ccc2N(CC(=O)NCCC#N)C1=O. The zero-order valence-corrected chi connectivity index (χ0v) is 11.6. The number of nitrogen functional groups attached to an aromatic ring is 1. The van der Waals surface area contributed by atoms with E-state index in [9.17, 15) is 9.59 Å². The van der Waals surface area contributed by atoms with Crippen molar-refractivity contribution in [2.24, 2.45) is 0 Å². The number of nitrogens with zero attached hydrogens (tertiary/aromatic N) is 2. The Hall–Kier alpha value is -2.75. The predicted octanol–water partition coefficient (Wildman–Crippen LogP) is 0.413. The van der Waals surface area contributed by atoms with Gasteiger partial charge in [-0.3, -0.25) is 14.5 Å². The van der Waals surface area contributed by atoms with Gasteiger partial charge in [0.05, 0.1) is 18.2 Å². The molecule has 21 heavy (non-hydrogen) atoms. The summed E-state index contributed by atoms with van der Waals surface area (Å²) in [5, 5.41) is 11.0. The van der Waals surface area contributed by atoms with Crippen LogP contribution in [0.3, 0.4) is 0 Å². The summed E-state index contributed by atoms with van der Waals surface area (Å²) in [6.45, 7) is 1.77. The molecule has 1 aliphatic rings. The van der Waals surface area contributed by atoms with Crippen molar-refractivity contribution in [3.8, 4) is 11.8 Å². The van der Waals surface area contributed by atoms with Crippen LogP contribution in [0.15, 0.2) is 18.2 Å². The molecule has 1 unspecified atom stereocenters. The second-order valence-electron chi connectivity index (χ2n) is 4.67. The molecule has 0 fully saturated rings. The minimum atomic E-state index is -0.675. The summed E-state index contributed by atoms with van der Waals surface area (Å²) < 4.78 is 5.49. The lowest BCUT2D eigenvalue weighted by molar-refractivity contribution is -0.128. The lowest BCUT2D eigenvalue weighted by atomic mass is 10.1. The number of hydrogen-bond donors (Lipinski definition) is 2. The molecule has 2 amide bonds. The van der Waals surface area contributed by atoms with E-state index in [0.29, 0.717) is 17.1 Å². The molecule has 110 valence electrons. The highest BCUT2D eigenvalue weighted by atomic mass is 16.5. The largest absolute Gasteiger partial charge is 0.479 e. The number of fused-ring (bicyclic) bond motifs is 1. The topological polar surface area (TPSA) is 108 Å². The summed E-state index contributed by atoms with van der Waals surface area (Å²) in [5.41, 5.74) is 6.73. The van der Waals surface area contributed by atoms with Crippen molar-refractivity contribution < 1.29 is 14.3 Å². The Morgan fingerprint density at radius 1 is 1.57 bits per heavy atom. The number of hydrogen-bond acceptors (Lipinski definition) is 5. The van der Waals surface area contributed by atoms with Crippen LogP contribution >= 0.6 is 0 Å². The number of amides is 2. The molecule has 0 radical (unpaired) electrons. The molecule has 1 aromatic rings. The van der Waals surface area contributed by atoms with E-state index in [4.69, 9.17) is 15.7 Å². The summed E-state index contributed by atoms with van der Waals surface area (Å²) in [6.07, 6.45) is -0.446. The molecule has 0 aliphatic carbocycles. The highest BCUT2D eigenvalue weighted by Gasteiger charge is 2.32. The maximum atomic E-state index is 12.2. The molecule has 0 saturated carbocycles. The van der Waals surface area contributed by atoms with E-state index in [1.807, 2.05) is 6.07 Å². The number of anilines is 2. The highest BCUT2D eigenvalue weighted by Crippen LogP contribution is 2.35. The summed E-state index contributed by atoms with van der Waals surface area (Å²) >= 11 is 0. The van der Waals surface area contributed by atoms with Crippen molar-refractivity contribution in [1.82, 2.24) is 5.32 Å². The van der Waals surface area contributed by atoms with Crippen LogP contribution in [0.5, 0.6) is 5.75 Å².